The maximum atomic E-state index is 12.1. The van der Waals surface area contributed by atoms with Gasteiger partial charge in [0.2, 0.25) is 5.91 Å². The van der Waals surface area contributed by atoms with Gasteiger partial charge in [-0.2, -0.15) is 5.10 Å². The Hall–Kier alpha value is -2.74. The number of aromatic nitrogens is 5. The first-order valence-electron chi connectivity index (χ1n) is 9.16. The van der Waals surface area contributed by atoms with Crippen molar-refractivity contribution in [3.63, 3.8) is 0 Å². The van der Waals surface area contributed by atoms with Gasteiger partial charge in [-0.1, -0.05) is 0 Å². The molecule has 8 heteroatoms. The summed E-state index contributed by atoms with van der Waals surface area (Å²) in [7, 11) is 1.55. The number of rotatable bonds is 5. The van der Waals surface area contributed by atoms with Gasteiger partial charge in [0.15, 0.2) is 5.65 Å². The van der Waals surface area contributed by atoms with E-state index in [9.17, 15) is 4.79 Å². The zero-order chi connectivity index (χ0) is 19.0. The molecule has 1 aliphatic heterocycles. The number of imidazole rings is 1. The normalized spacial score (nSPS) is 17.1. The topological polar surface area (TPSA) is 77.5 Å². The van der Waals surface area contributed by atoms with Gasteiger partial charge in [-0.3, -0.25) is 4.79 Å². The second-order valence-electron chi connectivity index (χ2n) is 7.03. The molecule has 1 unspecified atom stereocenters. The van der Waals surface area contributed by atoms with Crippen molar-refractivity contribution in [2.75, 3.05) is 26.8 Å². The molecule has 1 atom stereocenters. The van der Waals surface area contributed by atoms with E-state index >= 15 is 0 Å². The van der Waals surface area contributed by atoms with Gasteiger partial charge >= 0.3 is 0 Å². The van der Waals surface area contributed by atoms with Crippen molar-refractivity contribution < 1.29 is 9.53 Å². The monoisotopic (exact) mass is 368 g/mol. The predicted octanol–water partition coefficient (Wildman–Crippen LogP) is 1.55. The highest BCUT2D eigenvalue weighted by Gasteiger charge is 2.29. The highest BCUT2D eigenvalue weighted by molar-refractivity contribution is 5.77. The van der Waals surface area contributed by atoms with Crippen LogP contribution in [0.2, 0.25) is 0 Å². The number of carbonyl (C=O) groups excluding carboxylic acids is 1. The average molecular weight is 368 g/mol. The van der Waals surface area contributed by atoms with Crippen LogP contribution >= 0.6 is 0 Å². The average Bonchev–Trinajstić information content (AvgIpc) is 3.36. The molecule has 0 bridgehead atoms. The summed E-state index contributed by atoms with van der Waals surface area (Å²) in [4.78, 5) is 22.9. The van der Waals surface area contributed by atoms with E-state index in [0.717, 1.165) is 41.4 Å². The first kappa shape index (κ1) is 17.7. The third kappa shape index (κ3) is 3.21. The van der Waals surface area contributed by atoms with Crippen LogP contribution in [0.15, 0.2) is 24.7 Å². The van der Waals surface area contributed by atoms with Crippen LogP contribution in [0.4, 0.5) is 0 Å². The molecule has 0 aliphatic carbocycles. The third-order valence-corrected chi connectivity index (χ3v) is 5.32. The largest absolute Gasteiger partial charge is 0.375 e. The highest BCUT2D eigenvalue weighted by atomic mass is 16.5. The Bertz CT molecular complexity index is 976. The second-order valence-corrected chi connectivity index (χ2v) is 7.03. The minimum absolute atomic E-state index is 0.0400. The Labute approximate surface area is 157 Å². The van der Waals surface area contributed by atoms with Crippen LogP contribution in [0.5, 0.6) is 0 Å². The summed E-state index contributed by atoms with van der Waals surface area (Å²) in [5, 5.41) is 4.77. The quantitative estimate of drug-likeness (QED) is 0.683. The van der Waals surface area contributed by atoms with Crippen LogP contribution in [0.25, 0.3) is 5.65 Å². The number of hydrogen-bond donors (Lipinski definition) is 0. The van der Waals surface area contributed by atoms with Gasteiger partial charge in [-0.15, -0.1) is 0 Å². The molecule has 27 heavy (non-hydrogen) atoms. The summed E-state index contributed by atoms with van der Waals surface area (Å²) in [5.41, 5.74) is 4.04. The summed E-state index contributed by atoms with van der Waals surface area (Å²) < 4.78 is 9.03. The lowest BCUT2D eigenvalue weighted by atomic mass is 10.0. The highest BCUT2D eigenvalue weighted by Crippen LogP contribution is 2.28. The Morgan fingerprint density at radius 1 is 1.30 bits per heavy atom. The molecule has 1 saturated heterocycles. The van der Waals surface area contributed by atoms with Crippen molar-refractivity contribution in [2.24, 2.45) is 0 Å². The van der Waals surface area contributed by atoms with Crippen molar-refractivity contribution in [2.45, 2.75) is 32.7 Å². The molecule has 1 amide bonds. The van der Waals surface area contributed by atoms with E-state index in [1.54, 1.807) is 13.3 Å². The van der Waals surface area contributed by atoms with E-state index < -0.39 is 0 Å². The SMILES string of the molecule is COCC(=O)N1CCC(c2ccnc3c(Cn4ccnc4C)c(C)nn23)C1. The number of nitrogens with zero attached hydrogens (tertiary/aromatic N) is 6. The van der Waals surface area contributed by atoms with Crippen molar-refractivity contribution in [1.82, 2.24) is 29.0 Å². The molecule has 4 heterocycles. The Morgan fingerprint density at radius 3 is 2.89 bits per heavy atom. The Morgan fingerprint density at radius 2 is 2.15 bits per heavy atom. The number of aryl methyl sites for hydroxylation is 2. The molecule has 3 aromatic rings. The number of amides is 1. The number of ether oxygens (including phenoxy) is 1. The van der Waals surface area contributed by atoms with E-state index in [1.165, 1.54) is 0 Å². The van der Waals surface area contributed by atoms with Crippen molar-refractivity contribution >= 4 is 11.6 Å². The third-order valence-electron chi connectivity index (χ3n) is 5.32. The molecular formula is C19H24N6O2. The number of likely N-dealkylation sites (tertiary alicyclic amines) is 1. The van der Waals surface area contributed by atoms with E-state index in [4.69, 9.17) is 9.84 Å². The summed E-state index contributed by atoms with van der Waals surface area (Å²) in [5.74, 6) is 1.25. The zero-order valence-electron chi connectivity index (χ0n) is 15.9. The minimum atomic E-state index is 0.0400. The van der Waals surface area contributed by atoms with Gasteiger partial charge in [0.25, 0.3) is 0 Å². The van der Waals surface area contributed by atoms with E-state index in [-0.39, 0.29) is 18.4 Å². The van der Waals surface area contributed by atoms with Crippen molar-refractivity contribution in [3.05, 3.63) is 47.4 Å². The number of hydrogen-bond acceptors (Lipinski definition) is 5. The number of fused-ring (bicyclic) bond motifs is 1. The zero-order valence-corrected chi connectivity index (χ0v) is 15.9. The molecule has 3 aromatic heterocycles. The molecule has 0 N–H and O–H groups in total. The van der Waals surface area contributed by atoms with Crippen LogP contribution in [0.1, 0.15) is 35.1 Å². The number of methoxy groups -OCH3 is 1. The fourth-order valence-electron chi connectivity index (χ4n) is 3.79. The van der Waals surface area contributed by atoms with Crippen LogP contribution in [-0.4, -0.2) is 61.8 Å². The first-order valence-corrected chi connectivity index (χ1v) is 9.16. The lowest BCUT2D eigenvalue weighted by Gasteiger charge is -2.16. The summed E-state index contributed by atoms with van der Waals surface area (Å²) in [6.45, 7) is 6.27. The molecule has 8 nitrogen and oxygen atoms in total. The maximum Gasteiger partial charge on any atom is 0.248 e. The molecule has 1 aliphatic rings. The van der Waals surface area contributed by atoms with Gasteiger partial charge in [-0.05, 0) is 26.3 Å². The smallest absolute Gasteiger partial charge is 0.248 e. The lowest BCUT2D eigenvalue weighted by molar-refractivity contribution is -0.134. The summed E-state index contributed by atoms with van der Waals surface area (Å²) >= 11 is 0. The molecule has 0 radical (unpaired) electrons. The molecule has 4 rings (SSSR count). The predicted molar refractivity (Wildman–Crippen MR) is 99.6 cm³/mol. The van der Waals surface area contributed by atoms with Crippen LogP contribution in [0.3, 0.4) is 0 Å². The van der Waals surface area contributed by atoms with Crippen LogP contribution < -0.4 is 0 Å². The Balaban J connectivity index is 1.65. The van der Waals surface area contributed by atoms with Gasteiger partial charge in [0, 0.05) is 50.3 Å². The maximum absolute atomic E-state index is 12.1. The molecule has 142 valence electrons. The fourth-order valence-corrected chi connectivity index (χ4v) is 3.79. The standard InChI is InChI=1S/C19H24N6O2/c1-13-16(11-23-9-7-20-14(23)2)19-21-6-4-17(25(19)22-13)15-5-8-24(10-15)18(26)12-27-3/h4,6-7,9,15H,5,8,10-12H2,1-3H3. The Kier molecular flexibility index (Phi) is 4.65. The van der Waals surface area contributed by atoms with Crippen LogP contribution in [0, 0.1) is 13.8 Å². The molecule has 1 fully saturated rings. The van der Waals surface area contributed by atoms with E-state index in [0.29, 0.717) is 13.1 Å². The van der Waals surface area contributed by atoms with Crippen molar-refractivity contribution in [3.8, 4) is 0 Å². The van der Waals surface area contributed by atoms with Gasteiger partial charge < -0.3 is 14.2 Å². The lowest BCUT2D eigenvalue weighted by Crippen LogP contribution is -2.31. The van der Waals surface area contributed by atoms with Crippen molar-refractivity contribution in [1.29, 1.82) is 0 Å². The summed E-state index contributed by atoms with van der Waals surface area (Å²) in [6, 6.07) is 2.01. The van der Waals surface area contributed by atoms with Gasteiger partial charge in [-0.25, -0.2) is 14.5 Å². The van der Waals surface area contributed by atoms with Gasteiger partial charge in [0.1, 0.15) is 12.4 Å². The van der Waals surface area contributed by atoms with E-state index in [1.807, 2.05) is 41.7 Å². The molecule has 0 saturated carbocycles. The van der Waals surface area contributed by atoms with Crippen LogP contribution in [-0.2, 0) is 16.1 Å². The number of carbonyl (C=O) groups is 1. The van der Waals surface area contributed by atoms with E-state index in [2.05, 4.69) is 14.5 Å². The minimum Gasteiger partial charge on any atom is -0.375 e. The summed E-state index contributed by atoms with van der Waals surface area (Å²) in [6.07, 6.45) is 6.54. The fraction of sp³-hybridized carbons (Fsp3) is 0.474. The molecular weight excluding hydrogens is 344 g/mol. The molecule has 0 spiro atoms. The second kappa shape index (κ2) is 7.11. The first-order chi connectivity index (χ1) is 13.1. The molecule has 0 aromatic carbocycles. The van der Waals surface area contributed by atoms with Gasteiger partial charge in [0.05, 0.1) is 17.9 Å².